The van der Waals surface area contributed by atoms with Crippen molar-refractivity contribution in [2.45, 2.75) is 0 Å². The molecule has 66 valence electrons. The normalized spacial score (nSPS) is 8.92. The minimum Gasteiger partial charge on any atom is -0.450 e. The first-order chi connectivity index (χ1) is 6.27. The van der Waals surface area contributed by atoms with Crippen molar-refractivity contribution in [3.63, 3.8) is 0 Å². The standard InChI is InChI=1S/C9H6BrNO2/c10-6-13-9(12)8-3-1-2-7(4-8)5-11/h1-4H,6H2. The Morgan fingerprint density at radius 1 is 1.62 bits per heavy atom. The maximum atomic E-state index is 11.2. The zero-order valence-corrected chi connectivity index (χ0v) is 8.24. The minimum atomic E-state index is -0.436. The SMILES string of the molecule is N#Cc1cccc(C(=O)OCBr)c1. The second kappa shape index (κ2) is 4.63. The van der Waals surface area contributed by atoms with E-state index in [2.05, 4.69) is 15.9 Å². The molecule has 0 N–H and O–H groups in total. The molecule has 3 nitrogen and oxygen atoms in total. The molecule has 0 radical (unpaired) electrons. The third kappa shape index (κ3) is 2.56. The summed E-state index contributed by atoms with van der Waals surface area (Å²) in [6.45, 7) is 0. The van der Waals surface area contributed by atoms with Gasteiger partial charge in [0, 0.05) is 0 Å². The minimum absolute atomic E-state index is 0.155. The summed E-state index contributed by atoms with van der Waals surface area (Å²) in [5.74, 6) is -0.436. The molecular weight excluding hydrogens is 234 g/mol. The number of nitrogens with zero attached hydrogens (tertiary/aromatic N) is 1. The molecule has 0 amide bonds. The van der Waals surface area contributed by atoms with Crippen LogP contribution >= 0.6 is 15.9 Å². The van der Waals surface area contributed by atoms with E-state index in [9.17, 15) is 4.79 Å². The van der Waals surface area contributed by atoms with Crippen LogP contribution in [0, 0.1) is 11.3 Å². The predicted molar refractivity (Wildman–Crippen MR) is 50.4 cm³/mol. The van der Waals surface area contributed by atoms with E-state index in [1.54, 1.807) is 18.2 Å². The molecule has 0 atom stereocenters. The van der Waals surface area contributed by atoms with E-state index in [1.807, 2.05) is 6.07 Å². The van der Waals surface area contributed by atoms with Gasteiger partial charge in [-0.05, 0) is 34.1 Å². The van der Waals surface area contributed by atoms with Gasteiger partial charge in [-0.25, -0.2) is 4.79 Å². The summed E-state index contributed by atoms with van der Waals surface area (Å²) in [5.41, 5.74) is 0.991. The summed E-state index contributed by atoms with van der Waals surface area (Å²) in [7, 11) is 0. The maximum absolute atomic E-state index is 11.2. The van der Waals surface area contributed by atoms with Crippen molar-refractivity contribution in [3.05, 3.63) is 35.4 Å². The Labute approximate surface area is 84.1 Å². The number of benzene rings is 1. The molecule has 13 heavy (non-hydrogen) atoms. The second-order valence-corrected chi connectivity index (χ2v) is 2.69. The van der Waals surface area contributed by atoms with Crippen LogP contribution in [-0.2, 0) is 4.74 Å². The number of ether oxygens (including phenoxy) is 1. The molecule has 0 aromatic heterocycles. The summed E-state index contributed by atoms with van der Waals surface area (Å²) in [6.07, 6.45) is 0. The van der Waals surface area contributed by atoms with Crippen molar-refractivity contribution in [2.75, 3.05) is 5.52 Å². The van der Waals surface area contributed by atoms with Gasteiger partial charge >= 0.3 is 5.97 Å². The number of halogens is 1. The number of hydrogen-bond donors (Lipinski definition) is 0. The molecular formula is C9H6BrNO2. The molecule has 0 aliphatic heterocycles. The lowest BCUT2D eigenvalue weighted by atomic mass is 10.1. The van der Waals surface area contributed by atoms with Crippen LogP contribution < -0.4 is 0 Å². The number of alkyl halides is 1. The molecule has 0 aliphatic rings. The van der Waals surface area contributed by atoms with Gasteiger partial charge in [-0.15, -0.1) is 0 Å². The number of rotatable bonds is 2. The summed E-state index contributed by atoms with van der Waals surface area (Å²) < 4.78 is 4.70. The van der Waals surface area contributed by atoms with Gasteiger partial charge in [0.2, 0.25) is 0 Å². The topological polar surface area (TPSA) is 50.1 Å². The number of esters is 1. The predicted octanol–water partition coefficient (Wildman–Crippen LogP) is 2.07. The van der Waals surface area contributed by atoms with E-state index in [-0.39, 0.29) is 5.52 Å². The first-order valence-electron chi connectivity index (χ1n) is 3.51. The Morgan fingerprint density at radius 3 is 3.00 bits per heavy atom. The molecule has 0 unspecified atom stereocenters. The first-order valence-corrected chi connectivity index (χ1v) is 4.63. The molecule has 1 rings (SSSR count). The zero-order chi connectivity index (χ0) is 9.68. The molecule has 0 fully saturated rings. The zero-order valence-electron chi connectivity index (χ0n) is 6.66. The smallest absolute Gasteiger partial charge is 0.339 e. The van der Waals surface area contributed by atoms with Crippen molar-refractivity contribution in [1.82, 2.24) is 0 Å². The van der Waals surface area contributed by atoms with Crippen LogP contribution in [0.1, 0.15) is 15.9 Å². The van der Waals surface area contributed by atoms with E-state index in [0.717, 1.165) is 0 Å². The Morgan fingerprint density at radius 2 is 2.38 bits per heavy atom. The lowest BCUT2D eigenvalue weighted by Crippen LogP contribution is -2.03. The van der Waals surface area contributed by atoms with Crippen LogP contribution in [-0.4, -0.2) is 11.5 Å². The lowest BCUT2D eigenvalue weighted by Gasteiger charge is -1.99. The largest absolute Gasteiger partial charge is 0.450 e. The van der Waals surface area contributed by atoms with Crippen molar-refractivity contribution in [3.8, 4) is 6.07 Å². The van der Waals surface area contributed by atoms with Crippen molar-refractivity contribution < 1.29 is 9.53 Å². The third-order valence-corrected chi connectivity index (χ3v) is 1.64. The third-order valence-electron chi connectivity index (χ3n) is 1.41. The van der Waals surface area contributed by atoms with E-state index >= 15 is 0 Å². The quantitative estimate of drug-likeness (QED) is 0.587. The van der Waals surface area contributed by atoms with Gasteiger partial charge in [0.1, 0.15) is 5.52 Å². The maximum Gasteiger partial charge on any atom is 0.339 e. The average molecular weight is 240 g/mol. The van der Waals surface area contributed by atoms with Gasteiger partial charge in [0.15, 0.2) is 0 Å². The van der Waals surface area contributed by atoms with E-state index in [0.29, 0.717) is 11.1 Å². The second-order valence-electron chi connectivity index (χ2n) is 2.23. The number of carbonyl (C=O) groups is 1. The molecule has 4 heteroatoms. The van der Waals surface area contributed by atoms with Crippen LogP contribution in [0.15, 0.2) is 24.3 Å². The Balaban J connectivity index is 2.90. The fraction of sp³-hybridized carbons (Fsp3) is 0.111. The fourth-order valence-corrected chi connectivity index (χ4v) is 1.06. The monoisotopic (exact) mass is 239 g/mol. The Bertz CT molecular complexity index is 357. The summed E-state index contributed by atoms with van der Waals surface area (Å²) >= 11 is 2.97. The van der Waals surface area contributed by atoms with Crippen molar-refractivity contribution in [2.24, 2.45) is 0 Å². The highest BCUT2D eigenvalue weighted by atomic mass is 79.9. The summed E-state index contributed by atoms with van der Waals surface area (Å²) in [6, 6.07) is 8.31. The van der Waals surface area contributed by atoms with Gasteiger partial charge in [-0.2, -0.15) is 5.26 Å². The van der Waals surface area contributed by atoms with Crippen molar-refractivity contribution >= 4 is 21.9 Å². The number of nitriles is 1. The van der Waals surface area contributed by atoms with Crippen molar-refractivity contribution in [1.29, 1.82) is 5.26 Å². The lowest BCUT2D eigenvalue weighted by molar-refractivity contribution is 0.0584. The molecule has 1 aromatic rings. The first kappa shape index (κ1) is 9.75. The molecule has 0 aliphatic carbocycles. The summed E-state index contributed by atoms with van der Waals surface area (Å²) in [4.78, 5) is 11.2. The summed E-state index contributed by atoms with van der Waals surface area (Å²) in [5, 5.41) is 8.56. The Hall–Kier alpha value is -1.34. The number of hydrogen-bond acceptors (Lipinski definition) is 3. The van der Waals surface area contributed by atoms with E-state index < -0.39 is 5.97 Å². The molecule has 0 saturated heterocycles. The number of carbonyl (C=O) groups excluding carboxylic acids is 1. The van der Waals surface area contributed by atoms with Crippen LogP contribution in [0.25, 0.3) is 0 Å². The van der Waals surface area contributed by atoms with Gasteiger partial charge in [0.05, 0.1) is 17.2 Å². The highest BCUT2D eigenvalue weighted by molar-refractivity contribution is 9.09. The molecule has 0 spiro atoms. The van der Waals surface area contributed by atoms with Crippen LogP contribution in [0.4, 0.5) is 0 Å². The molecule has 1 aromatic carbocycles. The average Bonchev–Trinajstić information content (AvgIpc) is 2.18. The van der Waals surface area contributed by atoms with Gasteiger partial charge in [-0.1, -0.05) is 6.07 Å². The fourth-order valence-electron chi connectivity index (χ4n) is 0.849. The van der Waals surface area contributed by atoms with Gasteiger partial charge < -0.3 is 4.74 Å². The van der Waals surface area contributed by atoms with Crippen LogP contribution in [0.5, 0.6) is 0 Å². The molecule has 0 heterocycles. The highest BCUT2D eigenvalue weighted by Gasteiger charge is 2.05. The highest BCUT2D eigenvalue weighted by Crippen LogP contribution is 2.06. The Kier molecular flexibility index (Phi) is 3.47. The molecule has 0 saturated carbocycles. The van der Waals surface area contributed by atoms with Crippen LogP contribution in [0.3, 0.4) is 0 Å². The van der Waals surface area contributed by atoms with Crippen LogP contribution in [0.2, 0.25) is 0 Å². The van der Waals surface area contributed by atoms with E-state index in [1.165, 1.54) is 6.07 Å². The molecule has 0 bridgehead atoms. The van der Waals surface area contributed by atoms with Gasteiger partial charge in [0.25, 0.3) is 0 Å². The van der Waals surface area contributed by atoms with Gasteiger partial charge in [-0.3, -0.25) is 0 Å². The van der Waals surface area contributed by atoms with E-state index in [4.69, 9.17) is 10.00 Å².